The summed E-state index contributed by atoms with van der Waals surface area (Å²) < 4.78 is 83.4. The molecule has 0 fully saturated rings. The molecule has 0 atom stereocenters. The fourth-order valence-electron chi connectivity index (χ4n) is 2.12. The molecule has 0 saturated heterocycles. The van der Waals surface area contributed by atoms with E-state index in [0.717, 1.165) is 18.2 Å². The van der Waals surface area contributed by atoms with Gasteiger partial charge in [-0.3, -0.25) is 20.4 Å². The van der Waals surface area contributed by atoms with Crippen molar-refractivity contribution in [3.63, 3.8) is 0 Å². The van der Waals surface area contributed by atoms with Gasteiger partial charge in [-0.1, -0.05) is 23.2 Å². The first-order valence-electron chi connectivity index (χ1n) is 8.34. The van der Waals surface area contributed by atoms with Crippen molar-refractivity contribution < 1.29 is 45.4 Å². The topological polar surface area (TPSA) is 76.7 Å². The van der Waals surface area contributed by atoms with Crippen LogP contribution in [0.2, 0.25) is 10.0 Å². The first kappa shape index (κ1) is 25.4. The Kier molecular flexibility index (Phi) is 8.07. The van der Waals surface area contributed by atoms with Crippen LogP contribution in [0.15, 0.2) is 36.4 Å². The van der Waals surface area contributed by atoms with Gasteiger partial charge in [0.1, 0.15) is 11.5 Å². The number of hydrogen-bond donors (Lipinski definition) is 2. The van der Waals surface area contributed by atoms with Crippen LogP contribution in [-0.2, 0) is 0 Å². The van der Waals surface area contributed by atoms with Crippen LogP contribution in [0, 0.1) is 0 Å². The first-order valence-corrected chi connectivity index (χ1v) is 9.09. The quantitative estimate of drug-likeness (QED) is 0.431. The standard InChI is InChI=1S/C18H12Cl2F6N2O4/c19-12-3-1-9(5-13(12)20)15(29)27-28-16(30)11-6-10(31-7-17(21,22)23)2-4-14(11)32-8-18(24,25)26/h1-6H,7-8H2,(H,27,29)(H,28,30). The van der Waals surface area contributed by atoms with Crippen LogP contribution in [-0.4, -0.2) is 37.4 Å². The third kappa shape index (κ3) is 8.00. The molecule has 0 heterocycles. The molecule has 2 aromatic carbocycles. The number of benzene rings is 2. The lowest BCUT2D eigenvalue weighted by Crippen LogP contribution is -2.41. The fraction of sp³-hybridized carbons (Fsp3) is 0.222. The summed E-state index contributed by atoms with van der Waals surface area (Å²) in [5.41, 5.74) is 3.26. The molecule has 174 valence electrons. The van der Waals surface area contributed by atoms with Gasteiger partial charge in [0.15, 0.2) is 13.2 Å². The van der Waals surface area contributed by atoms with E-state index in [4.69, 9.17) is 23.2 Å². The van der Waals surface area contributed by atoms with E-state index >= 15 is 0 Å². The highest BCUT2D eigenvalue weighted by molar-refractivity contribution is 6.42. The Balaban J connectivity index is 2.18. The lowest BCUT2D eigenvalue weighted by atomic mass is 10.1. The second-order valence-corrected chi connectivity index (χ2v) is 6.82. The Labute approximate surface area is 186 Å². The number of hydrazine groups is 1. The van der Waals surface area contributed by atoms with Gasteiger partial charge in [0.05, 0.1) is 15.6 Å². The molecule has 6 nitrogen and oxygen atoms in total. The molecule has 0 aliphatic heterocycles. The Morgan fingerprint density at radius 3 is 1.97 bits per heavy atom. The predicted octanol–water partition coefficient (Wildman–Crippen LogP) is 4.95. The van der Waals surface area contributed by atoms with Crippen LogP contribution in [0.5, 0.6) is 11.5 Å². The Morgan fingerprint density at radius 1 is 0.781 bits per heavy atom. The summed E-state index contributed by atoms with van der Waals surface area (Å²) in [6.45, 7) is -3.48. The van der Waals surface area contributed by atoms with Gasteiger partial charge in [-0.05, 0) is 36.4 Å². The van der Waals surface area contributed by atoms with Crippen molar-refractivity contribution >= 4 is 35.0 Å². The van der Waals surface area contributed by atoms with Crippen molar-refractivity contribution in [2.24, 2.45) is 0 Å². The third-order valence-corrected chi connectivity index (χ3v) is 4.20. The molecule has 0 aromatic heterocycles. The molecule has 2 aromatic rings. The van der Waals surface area contributed by atoms with E-state index < -0.39 is 54.4 Å². The maximum atomic E-state index is 12.5. The number of rotatable bonds is 6. The maximum Gasteiger partial charge on any atom is 0.422 e. The lowest BCUT2D eigenvalue weighted by Gasteiger charge is -2.16. The van der Waals surface area contributed by atoms with Crippen LogP contribution >= 0.6 is 23.2 Å². The molecule has 14 heteroatoms. The van der Waals surface area contributed by atoms with E-state index in [-0.39, 0.29) is 15.6 Å². The number of ether oxygens (including phenoxy) is 2. The summed E-state index contributed by atoms with van der Waals surface area (Å²) >= 11 is 11.5. The number of carbonyl (C=O) groups excluding carboxylic acids is 2. The largest absolute Gasteiger partial charge is 0.484 e. The summed E-state index contributed by atoms with van der Waals surface area (Å²) in [4.78, 5) is 24.5. The van der Waals surface area contributed by atoms with E-state index in [1.54, 1.807) is 0 Å². The molecule has 0 radical (unpaired) electrons. The van der Waals surface area contributed by atoms with E-state index in [0.29, 0.717) is 0 Å². The molecule has 0 aliphatic carbocycles. The Bertz CT molecular complexity index is 998. The van der Waals surface area contributed by atoms with Gasteiger partial charge < -0.3 is 9.47 Å². The summed E-state index contributed by atoms with van der Waals surface area (Å²) in [5.74, 6) is -3.13. The molecular formula is C18H12Cl2F6N2O4. The number of amides is 2. The minimum atomic E-state index is -4.75. The van der Waals surface area contributed by atoms with Gasteiger partial charge in [0.2, 0.25) is 0 Å². The van der Waals surface area contributed by atoms with Gasteiger partial charge in [0, 0.05) is 5.56 Å². The van der Waals surface area contributed by atoms with Crippen molar-refractivity contribution in [2.75, 3.05) is 13.2 Å². The smallest absolute Gasteiger partial charge is 0.422 e. The van der Waals surface area contributed by atoms with E-state index in [9.17, 15) is 35.9 Å². The van der Waals surface area contributed by atoms with Crippen molar-refractivity contribution in [3.8, 4) is 11.5 Å². The molecule has 0 unspecified atom stereocenters. The highest BCUT2D eigenvalue weighted by Crippen LogP contribution is 2.28. The zero-order valence-corrected chi connectivity index (χ0v) is 17.0. The number of hydrogen-bond acceptors (Lipinski definition) is 4. The average molecular weight is 505 g/mol. The van der Waals surface area contributed by atoms with Crippen molar-refractivity contribution in [2.45, 2.75) is 12.4 Å². The second kappa shape index (κ2) is 10.2. The first-order chi connectivity index (χ1) is 14.7. The molecule has 32 heavy (non-hydrogen) atoms. The van der Waals surface area contributed by atoms with Crippen LogP contribution in [0.1, 0.15) is 20.7 Å². The molecule has 2 N–H and O–H groups in total. The van der Waals surface area contributed by atoms with Crippen LogP contribution < -0.4 is 20.3 Å². The van der Waals surface area contributed by atoms with Gasteiger partial charge >= 0.3 is 12.4 Å². The molecule has 0 aliphatic rings. The van der Waals surface area contributed by atoms with Crippen LogP contribution in [0.4, 0.5) is 26.3 Å². The molecule has 0 saturated carbocycles. The summed E-state index contributed by atoms with van der Waals surface area (Å²) in [6, 6.07) is 6.23. The summed E-state index contributed by atoms with van der Waals surface area (Å²) in [5, 5.41) is 0.206. The van der Waals surface area contributed by atoms with Gasteiger partial charge in [-0.25, -0.2) is 0 Å². The van der Waals surface area contributed by atoms with E-state index in [1.807, 2.05) is 10.9 Å². The van der Waals surface area contributed by atoms with Crippen LogP contribution in [0.25, 0.3) is 0 Å². The molecule has 0 bridgehead atoms. The van der Waals surface area contributed by atoms with E-state index in [2.05, 4.69) is 9.47 Å². The Morgan fingerprint density at radius 2 is 1.38 bits per heavy atom. The highest BCUT2D eigenvalue weighted by atomic mass is 35.5. The molecular weight excluding hydrogens is 493 g/mol. The monoisotopic (exact) mass is 504 g/mol. The maximum absolute atomic E-state index is 12.5. The number of halogens is 8. The summed E-state index contributed by atoms with van der Waals surface area (Å²) in [7, 11) is 0. The van der Waals surface area contributed by atoms with Crippen molar-refractivity contribution in [1.29, 1.82) is 0 Å². The van der Waals surface area contributed by atoms with Gasteiger partial charge in [0.25, 0.3) is 11.8 Å². The van der Waals surface area contributed by atoms with E-state index in [1.165, 1.54) is 18.2 Å². The minimum Gasteiger partial charge on any atom is -0.484 e. The SMILES string of the molecule is O=C(NNC(=O)c1cc(OCC(F)(F)F)ccc1OCC(F)(F)F)c1ccc(Cl)c(Cl)c1. The summed E-state index contributed by atoms with van der Waals surface area (Å²) in [6.07, 6.45) is -9.44. The highest BCUT2D eigenvalue weighted by Gasteiger charge is 2.30. The minimum absolute atomic E-state index is 0.0180. The normalized spacial score (nSPS) is 11.6. The van der Waals surface area contributed by atoms with Gasteiger partial charge in [-0.15, -0.1) is 0 Å². The third-order valence-electron chi connectivity index (χ3n) is 3.46. The van der Waals surface area contributed by atoms with Gasteiger partial charge in [-0.2, -0.15) is 26.3 Å². The average Bonchev–Trinajstić information content (AvgIpc) is 2.69. The zero-order valence-electron chi connectivity index (χ0n) is 15.5. The zero-order chi connectivity index (χ0) is 24.1. The van der Waals surface area contributed by atoms with Crippen molar-refractivity contribution in [3.05, 3.63) is 57.6 Å². The predicted molar refractivity (Wildman–Crippen MR) is 101 cm³/mol. The number of alkyl halides is 6. The number of nitrogens with one attached hydrogen (secondary N) is 2. The second-order valence-electron chi connectivity index (χ2n) is 6.00. The van der Waals surface area contributed by atoms with Crippen molar-refractivity contribution in [1.82, 2.24) is 10.9 Å². The number of carbonyl (C=O) groups is 2. The molecule has 2 amide bonds. The lowest BCUT2D eigenvalue weighted by molar-refractivity contribution is -0.154. The fourth-order valence-corrected chi connectivity index (χ4v) is 2.42. The Hall–Kier alpha value is -2.86. The van der Waals surface area contributed by atoms with Crippen LogP contribution in [0.3, 0.4) is 0 Å². The molecule has 2 rings (SSSR count). The molecule has 0 spiro atoms.